The number of amides is 2. The summed E-state index contributed by atoms with van der Waals surface area (Å²) in [6.07, 6.45) is 5.53. The third-order valence-electron chi connectivity index (χ3n) is 6.22. The van der Waals surface area contributed by atoms with Gasteiger partial charge >= 0.3 is 67.8 Å². The molecule has 0 radical (unpaired) electrons. The quantitative estimate of drug-likeness (QED) is 0.100. The number of aliphatic imine (C=N–C) groups is 1. The first kappa shape index (κ1) is 73.0. The molecule has 4 aromatic heterocycles. The zero-order valence-electron chi connectivity index (χ0n) is 38.9. The molecule has 0 spiro atoms. The van der Waals surface area contributed by atoms with Crippen molar-refractivity contribution >= 4 is 127 Å². The maximum atomic E-state index is 11.7. The van der Waals surface area contributed by atoms with E-state index in [0.717, 1.165) is 30.0 Å². The van der Waals surface area contributed by atoms with E-state index in [1.54, 1.807) is 32.4 Å². The minimum atomic E-state index is -0.355. The Morgan fingerprint density at radius 1 is 0.721 bits per heavy atom. The maximum absolute atomic E-state index is 11.7. The molecule has 5 rings (SSSR count). The first-order valence-electron chi connectivity index (χ1n) is 18.4. The third-order valence-corrected chi connectivity index (χ3v) is 6.22. The number of rotatable bonds is 3. The van der Waals surface area contributed by atoms with E-state index in [1.165, 1.54) is 25.8 Å². The van der Waals surface area contributed by atoms with E-state index in [-0.39, 0.29) is 25.8 Å². The number of nitrogen functional groups attached to an aromatic ring is 1. The van der Waals surface area contributed by atoms with Crippen LogP contribution in [0.1, 0.15) is 84.6 Å². The molecule has 61 heavy (non-hydrogen) atoms. The number of nitrogens with zero attached hydrogens (tertiary/aromatic N) is 9. The molecule has 22 heteroatoms. The van der Waals surface area contributed by atoms with Gasteiger partial charge in [-0.3, -0.25) is 34.4 Å². The van der Waals surface area contributed by atoms with Gasteiger partial charge in [0.2, 0.25) is 0 Å². The number of halogens is 4. The monoisotopic (exact) mass is 1340 g/mol. The van der Waals surface area contributed by atoms with Crippen molar-refractivity contribution in [2.75, 3.05) is 31.8 Å². The minimum absolute atomic E-state index is 0. The van der Waals surface area contributed by atoms with Gasteiger partial charge in [-0.1, -0.05) is 99.2 Å². The number of aromatic nitrogens is 8. The molecule has 349 valence electrons. The zero-order chi connectivity index (χ0) is 48.2. The number of carbonyl (C=O) groups excluding carboxylic acids is 5. The molecule has 2 amide bonds. The van der Waals surface area contributed by atoms with Gasteiger partial charge in [-0.15, -0.1) is 0 Å². The van der Waals surface area contributed by atoms with Crippen LogP contribution in [0.25, 0.3) is 0 Å². The summed E-state index contributed by atoms with van der Waals surface area (Å²) in [4.78, 5) is 48.5. The molecule has 0 saturated carbocycles. The van der Waals surface area contributed by atoms with Crippen LogP contribution in [-0.4, -0.2) is 78.6 Å². The van der Waals surface area contributed by atoms with Crippen LogP contribution in [0.5, 0.6) is 0 Å². The Labute approximate surface area is 421 Å². The number of nitrogens with two attached hydrogens (primary N) is 1. The average Bonchev–Trinajstić information content (AvgIpc) is 4.00. The molecular weight excluding hydrogens is 1280 g/mol. The molecule has 0 fully saturated rings. The van der Waals surface area contributed by atoms with Gasteiger partial charge in [0.1, 0.15) is 5.82 Å². The van der Waals surface area contributed by atoms with Gasteiger partial charge in [-0.2, -0.15) is 39.6 Å². The summed E-state index contributed by atoms with van der Waals surface area (Å²) in [6.45, 7) is 25.2. The number of carbonyl (C=O) groups is 1. The van der Waals surface area contributed by atoms with Crippen LogP contribution in [0.4, 0.5) is 22.2 Å². The van der Waals surface area contributed by atoms with Crippen molar-refractivity contribution in [1.29, 1.82) is 0 Å². The van der Waals surface area contributed by atoms with E-state index in [4.69, 9.17) is 24.9 Å². The van der Waals surface area contributed by atoms with Crippen LogP contribution in [0.2, 0.25) is 0 Å². The van der Waals surface area contributed by atoms with E-state index in [2.05, 4.69) is 155 Å². The number of allylic oxidation sites excluding steroid dienone is 1. The summed E-state index contributed by atoms with van der Waals surface area (Å²) in [5.41, 5.74) is 12.2. The molecule has 17 nitrogen and oxygen atoms in total. The number of nitrogens with one attached hydrogen (secondary N) is 2. The number of anilines is 3. The second-order valence-corrected chi connectivity index (χ2v) is 25.4. The van der Waals surface area contributed by atoms with Gasteiger partial charge < -0.3 is 13.2 Å². The normalized spacial score (nSPS) is 9.11. The Bertz CT molecular complexity index is 1620. The number of urea groups is 1. The van der Waals surface area contributed by atoms with Crippen molar-refractivity contribution in [2.24, 2.45) is 33.2 Å². The molecule has 0 unspecified atom stereocenters. The average molecular weight is 1340 g/mol. The second kappa shape index (κ2) is 51.9. The number of hydrogen-bond acceptors (Lipinski definition) is 11. The van der Waals surface area contributed by atoms with Crippen LogP contribution < -0.4 is 16.4 Å². The topological polar surface area (TPSA) is 219 Å². The Morgan fingerprint density at radius 2 is 1.07 bits per heavy atom. The van der Waals surface area contributed by atoms with Crippen molar-refractivity contribution in [2.45, 2.75) is 89.5 Å². The molecule has 5 heterocycles. The molecule has 0 atom stereocenters. The third kappa shape index (κ3) is 45.4. The van der Waals surface area contributed by atoms with Crippen molar-refractivity contribution in [3.8, 4) is 0 Å². The number of hydrogen-bond donors (Lipinski definition) is 3. The van der Waals surface area contributed by atoms with Gasteiger partial charge in [-0.05, 0) is 62.0 Å². The second-order valence-electron chi connectivity index (χ2n) is 10.5. The Kier molecular flexibility index (Phi) is 62.2. The van der Waals surface area contributed by atoms with E-state index in [9.17, 15) is 4.79 Å². The molecule has 1 aliphatic heterocycles. The molecule has 0 saturated heterocycles. The van der Waals surface area contributed by atoms with Crippen LogP contribution >= 0.6 is 85.1 Å². The molecule has 0 aliphatic carbocycles. The predicted octanol–water partition coefficient (Wildman–Crippen LogP) is 10.2. The van der Waals surface area contributed by atoms with E-state index in [0.29, 0.717) is 26.9 Å². The summed E-state index contributed by atoms with van der Waals surface area (Å²) >= 11 is 9.31. The van der Waals surface area contributed by atoms with Crippen LogP contribution in [0, 0.1) is 35.1 Å². The fraction of sp³-hybridized carbons (Fsp3) is 0.513. The standard InChI is InChI=1S/C11H16N6O.C7H11N.C5H9N3.C5H8N2.2C2H5I.2C2H6.2CO2.CH3.2HI.V/c1-7-5-9(14-16(7)3)12-11(18)13-10-6-8(2)17(4)15-10;1-3-7-4-6(2)5-8-7;1-4-3-5(6)7-8(4)2;1-5-3-4-6-7(5)2;2*1-2-3;2*1-2;2*2-1-3;;;;/h5-6H,1-4H3,(H2,12,13,14,15,18);4H,3,5H2,1-2H3;3H,1-2H3,(H2,6,7);3-4H,1-2H3;2*2H2,1H3;2*1-2H3;;;1H3;2*1H;/q;;;;;;;;;;-1;;;+2/p-2. The Balaban J connectivity index is -0.000000117. The fourth-order valence-corrected chi connectivity index (χ4v) is 3.35. The predicted molar refractivity (Wildman–Crippen MR) is 281 cm³/mol. The van der Waals surface area contributed by atoms with Crippen molar-refractivity contribution in [3.05, 3.63) is 72.3 Å². The molecule has 4 N–H and O–H groups in total. The molecule has 0 aromatic carbocycles. The van der Waals surface area contributed by atoms with Gasteiger partial charge in [0.15, 0.2) is 11.6 Å². The zero-order valence-corrected chi connectivity index (χ0v) is 48.9. The summed E-state index contributed by atoms with van der Waals surface area (Å²) in [6, 6.07) is 7.04. The van der Waals surface area contributed by atoms with Gasteiger partial charge in [0.05, 0.1) is 6.54 Å². The summed E-state index contributed by atoms with van der Waals surface area (Å²) in [5, 5.41) is 21.4. The van der Waals surface area contributed by atoms with E-state index < -0.39 is 0 Å². The summed E-state index contributed by atoms with van der Waals surface area (Å²) < 4.78 is 9.41. The van der Waals surface area contributed by atoms with E-state index >= 15 is 0 Å². The SMILES string of the molecule is CC.CC.CCC1=NCC(C)=C1.CCI.CCI.Cc1cc(N)nn1C.Cc1cc(NC(=O)Nc2cc(C)n(C)n2)nn1C.Cc1ccnn1C.O=C=O.O=C=O.[CH3-].[I][V][I]. The van der Waals surface area contributed by atoms with Crippen molar-refractivity contribution in [3.63, 3.8) is 0 Å². The van der Waals surface area contributed by atoms with Gasteiger partial charge in [0.25, 0.3) is 0 Å². The van der Waals surface area contributed by atoms with Crippen molar-refractivity contribution in [1.82, 2.24) is 39.1 Å². The first-order valence-corrected chi connectivity index (χ1v) is 30.5. The van der Waals surface area contributed by atoms with Crippen LogP contribution in [-0.2, 0) is 56.8 Å². The van der Waals surface area contributed by atoms with Gasteiger partial charge in [-0.25, -0.2) is 4.79 Å². The van der Waals surface area contributed by atoms with E-state index in [1.807, 2.05) is 100 Å². The van der Waals surface area contributed by atoms with Gasteiger partial charge in [0, 0.05) is 81.1 Å². The fourth-order valence-electron chi connectivity index (χ4n) is 3.35. The van der Waals surface area contributed by atoms with Crippen LogP contribution in [0.15, 0.2) is 47.1 Å². The molecule has 1 aliphatic rings. The molecule has 4 aromatic rings. The first-order chi connectivity index (χ1) is 28.4. The number of aryl methyl sites for hydroxylation is 8. The van der Waals surface area contributed by atoms with Crippen molar-refractivity contribution < 1.29 is 33.4 Å². The number of alkyl halides is 2. The van der Waals surface area contributed by atoms with Crippen LogP contribution in [0.3, 0.4) is 0 Å². The molecule has 0 bridgehead atoms. The summed E-state index contributed by atoms with van der Waals surface area (Å²) in [5.74, 6) is 1.62. The Morgan fingerprint density at radius 3 is 1.21 bits per heavy atom. The summed E-state index contributed by atoms with van der Waals surface area (Å²) in [7, 11) is 8.06. The Hall–Kier alpha value is -2.42. The molecular formula is C39H69I4N12O5V-.